The number of benzene rings is 2. The van der Waals surface area contributed by atoms with Crippen molar-refractivity contribution in [3.8, 4) is 11.8 Å². The number of para-hydroxylation sites is 1. The molecule has 0 aliphatic rings. The van der Waals surface area contributed by atoms with E-state index in [2.05, 4.69) is 22.0 Å². The summed E-state index contributed by atoms with van der Waals surface area (Å²) in [6, 6.07) is 17.3. The maximum absolute atomic E-state index is 8.93. The highest BCUT2D eigenvalue weighted by Gasteiger charge is 2.01. The van der Waals surface area contributed by atoms with Crippen molar-refractivity contribution in [1.82, 2.24) is 0 Å². The minimum atomic E-state index is 0.423. The van der Waals surface area contributed by atoms with Crippen molar-refractivity contribution in [1.29, 1.82) is 5.26 Å². The van der Waals surface area contributed by atoms with Gasteiger partial charge in [-0.05, 0) is 29.8 Å². The Morgan fingerprint density at radius 1 is 1.05 bits per heavy atom. The molecule has 0 aromatic heterocycles. The van der Waals surface area contributed by atoms with Gasteiger partial charge in [-0.1, -0.05) is 40.2 Å². The van der Waals surface area contributed by atoms with Gasteiger partial charge in [0.1, 0.15) is 18.4 Å². The average Bonchev–Trinajstić information content (AvgIpc) is 2.47. The van der Waals surface area contributed by atoms with Crippen LogP contribution in [0.15, 0.2) is 53.0 Å². The first kappa shape index (κ1) is 14.6. The van der Waals surface area contributed by atoms with Gasteiger partial charge < -0.3 is 9.47 Å². The van der Waals surface area contributed by atoms with Crippen LogP contribution in [0.25, 0.3) is 0 Å². The Labute approximate surface area is 126 Å². The summed E-state index contributed by atoms with van der Waals surface area (Å²) >= 11 is 3.42. The van der Waals surface area contributed by atoms with Crippen LogP contribution < -0.4 is 4.74 Å². The normalized spacial score (nSPS) is 10.0. The van der Waals surface area contributed by atoms with E-state index in [9.17, 15) is 0 Å². The summed E-state index contributed by atoms with van der Waals surface area (Å²) in [5.74, 6) is 0.598. The molecule has 2 aromatic carbocycles. The molecule has 0 bridgehead atoms. The van der Waals surface area contributed by atoms with Crippen LogP contribution in [0.5, 0.6) is 5.75 Å². The lowest BCUT2D eigenvalue weighted by atomic mass is 10.2. The van der Waals surface area contributed by atoms with Gasteiger partial charge in [0.2, 0.25) is 0 Å². The molecule has 2 rings (SSSR count). The molecule has 0 saturated heterocycles. The van der Waals surface area contributed by atoms with Crippen LogP contribution in [-0.4, -0.2) is 13.2 Å². The van der Waals surface area contributed by atoms with Crippen LogP contribution in [0.2, 0.25) is 0 Å². The first-order chi connectivity index (χ1) is 9.79. The van der Waals surface area contributed by atoms with Crippen LogP contribution in [0, 0.1) is 11.3 Å². The minimum absolute atomic E-state index is 0.423. The van der Waals surface area contributed by atoms with Crippen molar-refractivity contribution in [2.24, 2.45) is 0 Å². The quantitative estimate of drug-likeness (QED) is 0.753. The van der Waals surface area contributed by atoms with E-state index in [-0.39, 0.29) is 0 Å². The molecule has 2 aromatic rings. The second-order valence-electron chi connectivity index (χ2n) is 4.14. The Morgan fingerprint density at radius 2 is 1.90 bits per heavy atom. The average molecular weight is 332 g/mol. The first-order valence-corrected chi connectivity index (χ1v) is 7.03. The predicted molar refractivity (Wildman–Crippen MR) is 80.5 cm³/mol. The third-order valence-electron chi connectivity index (χ3n) is 2.65. The fraction of sp³-hybridized carbons (Fsp3) is 0.188. The third kappa shape index (κ3) is 4.37. The number of hydrogen-bond donors (Lipinski definition) is 0. The maximum Gasteiger partial charge on any atom is 0.137 e. The Balaban J connectivity index is 1.73. The minimum Gasteiger partial charge on any atom is -0.490 e. The molecule has 20 heavy (non-hydrogen) atoms. The predicted octanol–water partition coefficient (Wildman–Crippen LogP) is 3.92. The van der Waals surface area contributed by atoms with E-state index in [0.29, 0.717) is 31.1 Å². The zero-order valence-corrected chi connectivity index (χ0v) is 12.5. The molecule has 0 radical (unpaired) electrons. The number of rotatable bonds is 6. The van der Waals surface area contributed by atoms with Crippen LogP contribution in [0.4, 0.5) is 0 Å². The van der Waals surface area contributed by atoms with Crippen LogP contribution in [-0.2, 0) is 11.3 Å². The lowest BCUT2D eigenvalue weighted by Crippen LogP contribution is -2.07. The van der Waals surface area contributed by atoms with Crippen molar-refractivity contribution < 1.29 is 9.47 Å². The lowest BCUT2D eigenvalue weighted by molar-refractivity contribution is 0.0888. The van der Waals surface area contributed by atoms with E-state index in [1.54, 1.807) is 12.1 Å². The molecule has 0 unspecified atom stereocenters. The highest BCUT2D eigenvalue weighted by atomic mass is 79.9. The standard InChI is InChI=1S/C16H14BrNO2/c17-15-6-3-4-13(10-15)12-19-8-9-20-16-7-2-1-5-14(16)11-18/h1-7,10H,8-9,12H2. The topological polar surface area (TPSA) is 42.2 Å². The zero-order chi connectivity index (χ0) is 14.2. The maximum atomic E-state index is 8.93. The number of halogens is 1. The van der Waals surface area contributed by atoms with E-state index in [0.717, 1.165) is 10.0 Å². The molecule has 0 spiro atoms. The smallest absolute Gasteiger partial charge is 0.137 e. The molecule has 0 fully saturated rings. The molecule has 0 saturated carbocycles. The van der Waals surface area contributed by atoms with Crippen LogP contribution in [0.1, 0.15) is 11.1 Å². The lowest BCUT2D eigenvalue weighted by Gasteiger charge is -2.08. The highest BCUT2D eigenvalue weighted by molar-refractivity contribution is 9.10. The SMILES string of the molecule is N#Cc1ccccc1OCCOCc1cccc(Br)c1. The largest absolute Gasteiger partial charge is 0.490 e. The molecule has 0 amide bonds. The summed E-state index contributed by atoms with van der Waals surface area (Å²) < 4.78 is 12.1. The Hall–Kier alpha value is -1.83. The van der Waals surface area contributed by atoms with Gasteiger partial charge in [0, 0.05) is 4.47 Å². The summed E-state index contributed by atoms with van der Waals surface area (Å²) in [5.41, 5.74) is 1.65. The fourth-order valence-electron chi connectivity index (χ4n) is 1.71. The Bertz CT molecular complexity index is 607. The number of nitrogens with zero attached hydrogens (tertiary/aromatic N) is 1. The molecule has 0 aliphatic carbocycles. The van der Waals surface area contributed by atoms with E-state index >= 15 is 0 Å². The Kier molecular flexibility index (Phi) is 5.60. The highest BCUT2D eigenvalue weighted by Crippen LogP contribution is 2.16. The van der Waals surface area contributed by atoms with Crippen molar-refractivity contribution in [3.05, 3.63) is 64.1 Å². The van der Waals surface area contributed by atoms with Crippen molar-refractivity contribution in [2.45, 2.75) is 6.61 Å². The summed E-state index contributed by atoms with van der Waals surface area (Å²) in [7, 11) is 0. The summed E-state index contributed by atoms with van der Waals surface area (Å²) in [4.78, 5) is 0. The van der Waals surface area contributed by atoms with Gasteiger partial charge in [0.05, 0.1) is 18.8 Å². The van der Waals surface area contributed by atoms with E-state index in [1.807, 2.05) is 36.4 Å². The molecule has 4 heteroatoms. The second-order valence-corrected chi connectivity index (χ2v) is 5.05. The van der Waals surface area contributed by atoms with Gasteiger partial charge in [-0.25, -0.2) is 0 Å². The van der Waals surface area contributed by atoms with Crippen molar-refractivity contribution >= 4 is 15.9 Å². The van der Waals surface area contributed by atoms with Gasteiger partial charge in [-0.15, -0.1) is 0 Å². The van der Waals surface area contributed by atoms with Gasteiger partial charge in [-0.3, -0.25) is 0 Å². The number of nitriles is 1. The van der Waals surface area contributed by atoms with Crippen molar-refractivity contribution in [3.63, 3.8) is 0 Å². The van der Waals surface area contributed by atoms with E-state index in [1.165, 1.54) is 0 Å². The molecular weight excluding hydrogens is 318 g/mol. The van der Waals surface area contributed by atoms with Crippen molar-refractivity contribution in [2.75, 3.05) is 13.2 Å². The number of hydrogen-bond acceptors (Lipinski definition) is 3. The molecule has 102 valence electrons. The summed E-state index contributed by atoms with van der Waals surface area (Å²) in [6.07, 6.45) is 0. The van der Waals surface area contributed by atoms with Gasteiger partial charge in [-0.2, -0.15) is 5.26 Å². The second kappa shape index (κ2) is 7.68. The number of ether oxygens (including phenoxy) is 2. The fourth-order valence-corrected chi connectivity index (χ4v) is 2.16. The first-order valence-electron chi connectivity index (χ1n) is 6.24. The summed E-state index contributed by atoms with van der Waals surface area (Å²) in [6.45, 7) is 1.45. The molecule has 0 heterocycles. The molecule has 0 N–H and O–H groups in total. The molecule has 3 nitrogen and oxygen atoms in total. The van der Waals surface area contributed by atoms with Crippen LogP contribution >= 0.6 is 15.9 Å². The zero-order valence-electron chi connectivity index (χ0n) is 10.9. The molecule has 0 atom stereocenters. The van der Waals surface area contributed by atoms with E-state index in [4.69, 9.17) is 14.7 Å². The van der Waals surface area contributed by atoms with Crippen LogP contribution in [0.3, 0.4) is 0 Å². The van der Waals surface area contributed by atoms with Gasteiger partial charge in [0.25, 0.3) is 0 Å². The Morgan fingerprint density at radius 3 is 2.70 bits per heavy atom. The van der Waals surface area contributed by atoms with E-state index < -0.39 is 0 Å². The molecular formula is C16H14BrNO2. The molecule has 0 aliphatic heterocycles. The van der Waals surface area contributed by atoms with Gasteiger partial charge in [0.15, 0.2) is 0 Å². The van der Waals surface area contributed by atoms with Gasteiger partial charge >= 0.3 is 0 Å². The third-order valence-corrected chi connectivity index (χ3v) is 3.14. The summed E-state index contributed by atoms with van der Waals surface area (Å²) in [5, 5.41) is 8.93. The monoisotopic (exact) mass is 331 g/mol.